The Morgan fingerprint density at radius 3 is 2.91 bits per heavy atom. The van der Waals surface area contributed by atoms with Gasteiger partial charge in [-0.05, 0) is 13.3 Å². The number of aryl methyl sites for hydroxylation is 2. The van der Waals surface area contributed by atoms with Crippen LogP contribution in [-0.2, 0) is 17.9 Å². The summed E-state index contributed by atoms with van der Waals surface area (Å²) >= 11 is 1.67. The average Bonchev–Trinajstić information content (AvgIpc) is 3.19. The minimum Gasteiger partial charge on any atom is -0.340 e. The second-order valence-electron chi connectivity index (χ2n) is 5.91. The lowest BCUT2D eigenvalue weighted by molar-refractivity contribution is -0.131. The number of amides is 1. The Labute approximate surface area is 139 Å². The van der Waals surface area contributed by atoms with Crippen LogP contribution in [0.2, 0.25) is 0 Å². The standard InChI is InChI=1S/C15H21N5O2S/c1-10-16-15(18-22-10)8-20(12(3)21)14-4-5-19(7-14)6-13-9-23-11(2)17-13/h9,14H,4-8H2,1-3H3/t14-/m1/s1. The molecule has 7 nitrogen and oxygen atoms in total. The number of aromatic nitrogens is 3. The molecule has 2 aromatic heterocycles. The maximum absolute atomic E-state index is 12.0. The summed E-state index contributed by atoms with van der Waals surface area (Å²) in [5, 5.41) is 7.09. The summed E-state index contributed by atoms with van der Waals surface area (Å²) in [7, 11) is 0. The van der Waals surface area contributed by atoms with E-state index in [-0.39, 0.29) is 11.9 Å². The van der Waals surface area contributed by atoms with Crippen molar-refractivity contribution in [1.82, 2.24) is 24.9 Å². The quantitative estimate of drug-likeness (QED) is 0.829. The van der Waals surface area contributed by atoms with Crippen LogP contribution in [0.5, 0.6) is 0 Å². The zero-order chi connectivity index (χ0) is 16.4. The topological polar surface area (TPSA) is 75.4 Å². The van der Waals surface area contributed by atoms with Gasteiger partial charge in [0.2, 0.25) is 11.8 Å². The highest BCUT2D eigenvalue weighted by Gasteiger charge is 2.30. The van der Waals surface area contributed by atoms with Gasteiger partial charge in [0.25, 0.3) is 0 Å². The van der Waals surface area contributed by atoms with E-state index in [1.54, 1.807) is 25.2 Å². The zero-order valence-corrected chi connectivity index (χ0v) is 14.5. The van der Waals surface area contributed by atoms with E-state index < -0.39 is 0 Å². The Hall–Kier alpha value is -1.80. The molecule has 0 unspecified atom stereocenters. The van der Waals surface area contributed by atoms with Gasteiger partial charge in [-0.3, -0.25) is 9.69 Å². The van der Waals surface area contributed by atoms with Crippen molar-refractivity contribution in [2.45, 2.75) is 46.3 Å². The molecule has 3 heterocycles. The highest BCUT2D eigenvalue weighted by atomic mass is 32.1. The van der Waals surface area contributed by atoms with Gasteiger partial charge in [0, 0.05) is 44.9 Å². The average molecular weight is 335 g/mol. The molecule has 0 radical (unpaired) electrons. The molecule has 0 N–H and O–H groups in total. The summed E-state index contributed by atoms with van der Waals surface area (Å²) in [4.78, 5) is 24.9. The van der Waals surface area contributed by atoms with Gasteiger partial charge in [-0.1, -0.05) is 5.16 Å². The van der Waals surface area contributed by atoms with E-state index in [4.69, 9.17) is 4.52 Å². The molecular weight excluding hydrogens is 314 g/mol. The number of hydrogen-bond acceptors (Lipinski definition) is 7. The third-order valence-corrected chi connectivity index (χ3v) is 4.85. The first-order valence-corrected chi connectivity index (χ1v) is 8.59. The van der Waals surface area contributed by atoms with Crippen molar-refractivity contribution in [2.24, 2.45) is 0 Å². The second kappa shape index (κ2) is 6.76. The minimum absolute atomic E-state index is 0.0452. The van der Waals surface area contributed by atoms with Gasteiger partial charge in [-0.2, -0.15) is 4.98 Å². The molecule has 0 aliphatic carbocycles. The minimum atomic E-state index is 0.0452. The van der Waals surface area contributed by atoms with Crippen LogP contribution in [0.1, 0.15) is 35.8 Å². The summed E-state index contributed by atoms with van der Waals surface area (Å²) in [6.45, 7) is 8.44. The van der Waals surface area contributed by atoms with Crippen molar-refractivity contribution in [3.63, 3.8) is 0 Å². The lowest BCUT2D eigenvalue weighted by Crippen LogP contribution is -2.40. The van der Waals surface area contributed by atoms with Crippen LogP contribution < -0.4 is 0 Å². The molecule has 23 heavy (non-hydrogen) atoms. The van der Waals surface area contributed by atoms with Crippen LogP contribution in [0.3, 0.4) is 0 Å². The van der Waals surface area contributed by atoms with E-state index in [1.165, 1.54) is 0 Å². The van der Waals surface area contributed by atoms with Crippen molar-refractivity contribution < 1.29 is 9.32 Å². The fourth-order valence-electron chi connectivity index (χ4n) is 2.98. The smallest absolute Gasteiger partial charge is 0.223 e. The molecule has 124 valence electrons. The molecule has 8 heteroatoms. The molecule has 1 amide bonds. The molecule has 2 aromatic rings. The fourth-order valence-corrected chi connectivity index (χ4v) is 3.58. The SMILES string of the molecule is CC(=O)N(Cc1noc(C)n1)[C@@H]1CCN(Cc2csc(C)n2)C1. The maximum atomic E-state index is 12.0. The highest BCUT2D eigenvalue weighted by Crippen LogP contribution is 2.20. The second-order valence-corrected chi connectivity index (χ2v) is 6.97. The summed E-state index contributed by atoms with van der Waals surface area (Å²) in [5.74, 6) is 1.13. The molecular formula is C15H21N5O2S. The normalized spacial score (nSPS) is 18.5. The summed E-state index contributed by atoms with van der Waals surface area (Å²) < 4.78 is 4.99. The Morgan fingerprint density at radius 2 is 2.30 bits per heavy atom. The van der Waals surface area contributed by atoms with Gasteiger partial charge >= 0.3 is 0 Å². The van der Waals surface area contributed by atoms with Crippen molar-refractivity contribution >= 4 is 17.2 Å². The van der Waals surface area contributed by atoms with Crippen molar-refractivity contribution in [2.75, 3.05) is 13.1 Å². The van der Waals surface area contributed by atoms with Gasteiger partial charge in [-0.15, -0.1) is 11.3 Å². The lowest BCUT2D eigenvalue weighted by atomic mass is 10.2. The number of carbonyl (C=O) groups is 1. The van der Waals surface area contributed by atoms with E-state index in [0.29, 0.717) is 18.3 Å². The molecule has 0 bridgehead atoms. The molecule has 0 aromatic carbocycles. The summed E-state index contributed by atoms with van der Waals surface area (Å²) in [5.41, 5.74) is 1.11. The predicted octanol–water partition coefficient (Wildman–Crippen LogP) is 1.77. The van der Waals surface area contributed by atoms with Gasteiger partial charge in [-0.25, -0.2) is 4.98 Å². The van der Waals surface area contributed by atoms with E-state index in [9.17, 15) is 4.79 Å². The molecule has 1 aliphatic heterocycles. The Balaban J connectivity index is 1.61. The molecule has 1 fully saturated rings. The van der Waals surface area contributed by atoms with Crippen LogP contribution in [0, 0.1) is 13.8 Å². The molecule has 0 spiro atoms. The van der Waals surface area contributed by atoms with E-state index >= 15 is 0 Å². The molecule has 0 saturated carbocycles. The first-order chi connectivity index (χ1) is 11.0. The Kier molecular flexibility index (Phi) is 4.72. The highest BCUT2D eigenvalue weighted by molar-refractivity contribution is 7.09. The Bertz CT molecular complexity index is 683. The zero-order valence-electron chi connectivity index (χ0n) is 13.7. The third kappa shape index (κ3) is 3.94. The number of likely N-dealkylation sites (tertiary alicyclic amines) is 1. The van der Waals surface area contributed by atoms with Crippen LogP contribution in [0.25, 0.3) is 0 Å². The van der Waals surface area contributed by atoms with Gasteiger partial charge < -0.3 is 9.42 Å². The van der Waals surface area contributed by atoms with Crippen molar-refractivity contribution in [3.05, 3.63) is 27.8 Å². The van der Waals surface area contributed by atoms with Crippen LogP contribution in [0.15, 0.2) is 9.90 Å². The molecule has 1 aliphatic rings. The number of carbonyl (C=O) groups excluding carboxylic acids is 1. The lowest BCUT2D eigenvalue weighted by Gasteiger charge is -2.26. The first kappa shape index (κ1) is 16.1. The van der Waals surface area contributed by atoms with E-state index in [1.807, 2.05) is 11.8 Å². The van der Waals surface area contributed by atoms with Gasteiger partial charge in [0.15, 0.2) is 5.82 Å². The number of hydrogen-bond donors (Lipinski definition) is 0. The fraction of sp³-hybridized carbons (Fsp3) is 0.600. The largest absolute Gasteiger partial charge is 0.340 e. The van der Waals surface area contributed by atoms with Gasteiger partial charge in [0.1, 0.15) is 0 Å². The van der Waals surface area contributed by atoms with Crippen molar-refractivity contribution in [3.8, 4) is 0 Å². The monoisotopic (exact) mass is 335 g/mol. The number of nitrogens with zero attached hydrogens (tertiary/aromatic N) is 5. The summed E-state index contributed by atoms with van der Waals surface area (Å²) in [6.07, 6.45) is 0.958. The molecule has 3 rings (SSSR count). The predicted molar refractivity (Wildman–Crippen MR) is 85.8 cm³/mol. The van der Waals surface area contributed by atoms with Crippen LogP contribution in [-0.4, -0.2) is 50.0 Å². The number of thiazole rings is 1. The molecule has 1 saturated heterocycles. The van der Waals surface area contributed by atoms with Gasteiger partial charge in [0.05, 0.1) is 17.2 Å². The Morgan fingerprint density at radius 1 is 1.48 bits per heavy atom. The maximum Gasteiger partial charge on any atom is 0.223 e. The van der Waals surface area contributed by atoms with E-state index in [0.717, 1.165) is 36.8 Å². The van der Waals surface area contributed by atoms with Crippen LogP contribution >= 0.6 is 11.3 Å². The molecule has 1 atom stereocenters. The number of rotatable bonds is 5. The van der Waals surface area contributed by atoms with Crippen LogP contribution in [0.4, 0.5) is 0 Å². The first-order valence-electron chi connectivity index (χ1n) is 7.71. The third-order valence-electron chi connectivity index (χ3n) is 4.03. The summed E-state index contributed by atoms with van der Waals surface area (Å²) in [6, 6.07) is 0.186. The van der Waals surface area contributed by atoms with E-state index in [2.05, 4.69) is 25.4 Å². The van der Waals surface area contributed by atoms with Crippen molar-refractivity contribution in [1.29, 1.82) is 0 Å².